The quantitative estimate of drug-likeness (QED) is 0.461. The van der Waals surface area contributed by atoms with Gasteiger partial charge in [0.1, 0.15) is 17.2 Å². The molecule has 6 nitrogen and oxygen atoms in total. The van der Waals surface area contributed by atoms with Crippen LogP contribution >= 0.6 is 0 Å². The number of ether oxygens (including phenoxy) is 3. The van der Waals surface area contributed by atoms with Gasteiger partial charge in [0, 0.05) is 11.3 Å². The standard InChI is InChI=1S/C24H23NO5/c1-16-4-5-17(2)22(14-16)25-24(27)18-6-8-21(9-7-18)30-23(26)15-29-20-12-10-19(28-3)11-13-20/h4-14H,15H2,1-3H3,(H,25,27). The molecule has 0 unspecified atom stereocenters. The smallest absolute Gasteiger partial charge is 0.349 e. The van der Waals surface area contributed by atoms with Crippen LogP contribution in [0.2, 0.25) is 0 Å². The molecular weight excluding hydrogens is 382 g/mol. The summed E-state index contributed by atoms with van der Waals surface area (Å²) in [7, 11) is 1.58. The van der Waals surface area contributed by atoms with Crippen molar-refractivity contribution in [3.63, 3.8) is 0 Å². The van der Waals surface area contributed by atoms with Crippen molar-refractivity contribution in [2.24, 2.45) is 0 Å². The molecule has 0 spiro atoms. The summed E-state index contributed by atoms with van der Waals surface area (Å²) in [6, 6.07) is 19.1. The normalized spacial score (nSPS) is 10.2. The van der Waals surface area contributed by atoms with E-state index in [-0.39, 0.29) is 12.5 Å². The van der Waals surface area contributed by atoms with E-state index < -0.39 is 5.97 Å². The van der Waals surface area contributed by atoms with Crippen LogP contribution in [-0.2, 0) is 4.79 Å². The van der Waals surface area contributed by atoms with E-state index >= 15 is 0 Å². The number of methoxy groups -OCH3 is 1. The van der Waals surface area contributed by atoms with Gasteiger partial charge in [0.2, 0.25) is 0 Å². The zero-order valence-corrected chi connectivity index (χ0v) is 17.1. The van der Waals surface area contributed by atoms with Gasteiger partial charge in [-0.15, -0.1) is 0 Å². The number of carbonyl (C=O) groups excluding carboxylic acids is 2. The lowest BCUT2D eigenvalue weighted by Crippen LogP contribution is -2.18. The Kier molecular flexibility index (Phi) is 6.70. The Morgan fingerprint density at radius 3 is 2.13 bits per heavy atom. The van der Waals surface area contributed by atoms with E-state index in [1.807, 2.05) is 32.0 Å². The van der Waals surface area contributed by atoms with Crippen LogP contribution < -0.4 is 19.5 Å². The molecule has 3 aromatic carbocycles. The predicted octanol–water partition coefficient (Wildman–Crippen LogP) is 4.55. The Morgan fingerprint density at radius 1 is 0.833 bits per heavy atom. The Morgan fingerprint density at radius 2 is 1.47 bits per heavy atom. The lowest BCUT2D eigenvalue weighted by atomic mass is 10.1. The van der Waals surface area contributed by atoms with E-state index in [0.717, 1.165) is 16.8 Å². The van der Waals surface area contributed by atoms with Gasteiger partial charge in [0.25, 0.3) is 5.91 Å². The van der Waals surface area contributed by atoms with Crippen LogP contribution in [0.4, 0.5) is 5.69 Å². The Balaban J connectivity index is 1.53. The second-order valence-corrected chi connectivity index (χ2v) is 6.74. The van der Waals surface area contributed by atoms with Crippen molar-refractivity contribution in [1.82, 2.24) is 0 Å². The third kappa shape index (κ3) is 5.61. The molecule has 1 amide bonds. The highest BCUT2D eigenvalue weighted by Crippen LogP contribution is 2.19. The third-order valence-corrected chi connectivity index (χ3v) is 4.41. The zero-order chi connectivity index (χ0) is 21.5. The number of aryl methyl sites for hydroxylation is 2. The number of anilines is 1. The summed E-state index contributed by atoms with van der Waals surface area (Å²) in [5.41, 5.74) is 3.28. The maximum atomic E-state index is 12.5. The number of benzene rings is 3. The molecule has 0 bridgehead atoms. The fourth-order valence-corrected chi connectivity index (χ4v) is 2.71. The SMILES string of the molecule is COc1ccc(OCC(=O)Oc2ccc(C(=O)Nc3cc(C)ccc3C)cc2)cc1. The number of hydrogen-bond donors (Lipinski definition) is 1. The number of rotatable bonds is 7. The van der Waals surface area contributed by atoms with Crippen LogP contribution in [0.15, 0.2) is 66.7 Å². The Hall–Kier alpha value is -3.80. The second kappa shape index (κ2) is 9.60. The van der Waals surface area contributed by atoms with Crippen molar-refractivity contribution >= 4 is 17.6 Å². The highest BCUT2D eigenvalue weighted by Gasteiger charge is 2.10. The molecule has 3 aromatic rings. The maximum Gasteiger partial charge on any atom is 0.349 e. The summed E-state index contributed by atoms with van der Waals surface area (Å²) in [5, 5.41) is 2.90. The minimum atomic E-state index is -0.543. The van der Waals surface area contributed by atoms with Crippen molar-refractivity contribution in [2.45, 2.75) is 13.8 Å². The summed E-state index contributed by atoms with van der Waals surface area (Å²) >= 11 is 0. The van der Waals surface area contributed by atoms with E-state index in [9.17, 15) is 9.59 Å². The molecule has 1 N–H and O–H groups in total. The highest BCUT2D eigenvalue weighted by molar-refractivity contribution is 6.04. The second-order valence-electron chi connectivity index (χ2n) is 6.74. The van der Waals surface area contributed by atoms with E-state index in [1.165, 1.54) is 0 Å². The van der Waals surface area contributed by atoms with Gasteiger partial charge in [0.15, 0.2) is 6.61 Å². The summed E-state index contributed by atoms with van der Waals surface area (Å²) in [6.45, 7) is 3.67. The van der Waals surface area contributed by atoms with Gasteiger partial charge in [-0.05, 0) is 79.6 Å². The van der Waals surface area contributed by atoms with Gasteiger partial charge in [-0.3, -0.25) is 4.79 Å². The molecular formula is C24H23NO5. The van der Waals surface area contributed by atoms with Gasteiger partial charge in [0.05, 0.1) is 7.11 Å². The molecule has 0 aliphatic carbocycles. The summed E-state index contributed by atoms with van der Waals surface area (Å²) in [4.78, 5) is 24.5. The molecule has 0 aromatic heterocycles. The van der Waals surface area contributed by atoms with E-state index in [0.29, 0.717) is 22.8 Å². The van der Waals surface area contributed by atoms with Gasteiger partial charge in [-0.25, -0.2) is 4.79 Å². The van der Waals surface area contributed by atoms with Gasteiger partial charge >= 0.3 is 5.97 Å². The molecule has 0 radical (unpaired) electrons. The lowest BCUT2D eigenvalue weighted by Gasteiger charge is -2.10. The van der Waals surface area contributed by atoms with Crippen LogP contribution in [-0.4, -0.2) is 25.6 Å². The maximum absolute atomic E-state index is 12.5. The molecule has 0 fully saturated rings. The van der Waals surface area contributed by atoms with E-state index in [2.05, 4.69) is 5.32 Å². The van der Waals surface area contributed by atoms with Crippen LogP contribution in [0.5, 0.6) is 17.2 Å². The molecule has 0 aliphatic heterocycles. The predicted molar refractivity (Wildman–Crippen MR) is 114 cm³/mol. The first kappa shape index (κ1) is 20.9. The fraction of sp³-hybridized carbons (Fsp3) is 0.167. The first-order valence-corrected chi connectivity index (χ1v) is 9.41. The molecule has 30 heavy (non-hydrogen) atoms. The van der Waals surface area contributed by atoms with Crippen molar-refractivity contribution < 1.29 is 23.8 Å². The number of hydrogen-bond acceptors (Lipinski definition) is 5. The molecule has 154 valence electrons. The van der Waals surface area contributed by atoms with Crippen LogP contribution in [0.3, 0.4) is 0 Å². The Bertz CT molecular complexity index is 1030. The van der Waals surface area contributed by atoms with Gasteiger partial charge in [-0.1, -0.05) is 12.1 Å². The number of esters is 1. The fourth-order valence-electron chi connectivity index (χ4n) is 2.71. The summed E-state index contributed by atoms with van der Waals surface area (Å²) in [5.74, 6) is 0.794. The minimum absolute atomic E-state index is 0.232. The molecule has 0 aliphatic rings. The highest BCUT2D eigenvalue weighted by atomic mass is 16.6. The van der Waals surface area contributed by atoms with Crippen molar-refractivity contribution in [1.29, 1.82) is 0 Å². The molecule has 0 atom stereocenters. The molecule has 3 rings (SSSR count). The first-order valence-electron chi connectivity index (χ1n) is 9.41. The average molecular weight is 405 g/mol. The number of carbonyl (C=O) groups is 2. The molecule has 0 saturated carbocycles. The number of amides is 1. The largest absolute Gasteiger partial charge is 0.497 e. The summed E-state index contributed by atoms with van der Waals surface area (Å²) < 4.78 is 15.7. The van der Waals surface area contributed by atoms with Crippen molar-refractivity contribution in [3.05, 3.63) is 83.4 Å². The molecule has 0 heterocycles. The summed E-state index contributed by atoms with van der Waals surface area (Å²) in [6.07, 6.45) is 0. The van der Waals surface area contributed by atoms with Crippen molar-refractivity contribution in [3.8, 4) is 17.2 Å². The van der Waals surface area contributed by atoms with E-state index in [4.69, 9.17) is 14.2 Å². The van der Waals surface area contributed by atoms with Crippen LogP contribution in [0.25, 0.3) is 0 Å². The zero-order valence-electron chi connectivity index (χ0n) is 17.1. The Labute approximate surface area is 175 Å². The topological polar surface area (TPSA) is 73.9 Å². The first-order chi connectivity index (χ1) is 14.4. The molecule has 6 heteroatoms. The number of nitrogens with one attached hydrogen (secondary N) is 1. The van der Waals surface area contributed by atoms with Gasteiger partial charge in [-0.2, -0.15) is 0 Å². The average Bonchev–Trinajstić information content (AvgIpc) is 2.75. The van der Waals surface area contributed by atoms with Crippen molar-refractivity contribution in [2.75, 3.05) is 19.0 Å². The van der Waals surface area contributed by atoms with Crippen LogP contribution in [0.1, 0.15) is 21.5 Å². The van der Waals surface area contributed by atoms with Crippen LogP contribution in [0, 0.1) is 13.8 Å². The monoisotopic (exact) mass is 405 g/mol. The molecule has 0 saturated heterocycles. The third-order valence-electron chi connectivity index (χ3n) is 4.41. The van der Waals surface area contributed by atoms with E-state index in [1.54, 1.807) is 55.6 Å². The minimum Gasteiger partial charge on any atom is -0.497 e. The lowest BCUT2D eigenvalue weighted by molar-refractivity contribution is -0.136. The van der Waals surface area contributed by atoms with Gasteiger partial charge < -0.3 is 19.5 Å².